The molecule has 5 rings (SSSR count). The van der Waals surface area contributed by atoms with Gasteiger partial charge in [0.2, 0.25) is 5.76 Å². The monoisotopic (exact) mass is 469 g/mol. The maximum Gasteiger partial charge on any atom is 0.374 e. The van der Waals surface area contributed by atoms with Crippen LogP contribution in [-0.4, -0.2) is 30.1 Å². The quantitative estimate of drug-likeness (QED) is 0.298. The molecule has 35 heavy (non-hydrogen) atoms. The average molecular weight is 469 g/mol. The van der Waals surface area contributed by atoms with E-state index in [1.54, 1.807) is 55.5 Å². The lowest BCUT2D eigenvalue weighted by Gasteiger charge is -2.20. The van der Waals surface area contributed by atoms with Gasteiger partial charge in [0.1, 0.15) is 12.2 Å². The highest BCUT2D eigenvalue weighted by Crippen LogP contribution is 2.33. The molecule has 2 N–H and O–H groups in total. The number of ketones is 2. The zero-order valence-electron chi connectivity index (χ0n) is 18.6. The van der Waals surface area contributed by atoms with Gasteiger partial charge in [0.25, 0.3) is 0 Å². The third-order valence-electron chi connectivity index (χ3n) is 5.86. The third-order valence-corrected chi connectivity index (χ3v) is 5.86. The van der Waals surface area contributed by atoms with Crippen molar-refractivity contribution in [2.75, 3.05) is 12.3 Å². The summed E-state index contributed by atoms with van der Waals surface area (Å²) in [7, 11) is 0. The number of esters is 2. The smallest absolute Gasteiger partial charge is 0.374 e. The Bertz CT molecular complexity index is 1550. The second kappa shape index (κ2) is 8.57. The van der Waals surface area contributed by atoms with Crippen molar-refractivity contribution in [1.29, 1.82) is 0 Å². The predicted octanol–water partition coefficient (Wildman–Crippen LogP) is 4.32. The van der Waals surface area contributed by atoms with Crippen molar-refractivity contribution in [3.63, 3.8) is 0 Å². The van der Waals surface area contributed by atoms with E-state index in [2.05, 4.69) is 0 Å². The number of ether oxygens (including phenoxy) is 2. The Kier molecular flexibility index (Phi) is 5.41. The number of nitrogen functional groups attached to an aromatic ring is 1. The van der Waals surface area contributed by atoms with Gasteiger partial charge in [-0.1, -0.05) is 42.5 Å². The van der Waals surface area contributed by atoms with Crippen LogP contribution in [0.25, 0.3) is 11.0 Å². The topological polar surface area (TPSA) is 126 Å². The first-order valence-electron chi connectivity index (χ1n) is 10.9. The van der Waals surface area contributed by atoms with Crippen molar-refractivity contribution in [1.82, 2.24) is 0 Å². The second-order valence-corrected chi connectivity index (χ2v) is 7.86. The number of hydrogen-bond acceptors (Lipinski definition) is 8. The minimum atomic E-state index is -0.815. The lowest BCUT2D eigenvalue weighted by atomic mass is 9.82. The van der Waals surface area contributed by atoms with Crippen LogP contribution in [-0.2, 0) is 16.1 Å². The van der Waals surface area contributed by atoms with Gasteiger partial charge in [0.05, 0.1) is 29.0 Å². The van der Waals surface area contributed by atoms with E-state index in [1.165, 1.54) is 12.1 Å². The maximum atomic E-state index is 13.1. The Hall–Kier alpha value is -4.72. The van der Waals surface area contributed by atoms with Gasteiger partial charge in [-0.15, -0.1) is 0 Å². The molecule has 0 saturated carbocycles. The lowest BCUT2D eigenvalue weighted by molar-refractivity contribution is 0.0436. The number of nitrogens with two attached hydrogens (primary N) is 1. The van der Waals surface area contributed by atoms with E-state index in [-0.39, 0.29) is 58.3 Å². The molecule has 0 amide bonds. The molecule has 0 bridgehead atoms. The third kappa shape index (κ3) is 3.56. The minimum Gasteiger partial charge on any atom is -0.460 e. The Balaban J connectivity index is 1.47. The maximum absolute atomic E-state index is 13.1. The van der Waals surface area contributed by atoms with Crippen LogP contribution in [0.4, 0.5) is 5.69 Å². The normalized spacial score (nSPS) is 12.3. The standard InChI is InChI=1S/C27H19NO7/c1-2-33-27(32)25-19(14-7-5-6-10-20(14)35-25)13-34-26(31)18-12-11-17-21(22(18)28)24(30)16-9-4-3-8-15(16)23(17)29/h3-12H,2,13,28H2,1H3. The van der Waals surface area contributed by atoms with Crippen LogP contribution in [0.2, 0.25) is 0 Å². The number of para-hydroxylation sites is 1. The summed E-state index contributed by atoms with van der Waals surface area (Å²) >= 11 is 0. The first-order valence-corrected chi connectivity index (χ1v) is 10.9. The van der Waals surface area contributed by atoms with E-state index in [0.29, 0.717) is 16.5 Å². The molecular formula is C27H19NO7. The summed E-state index contributed by atoms with van der Waals surface area (Å²) in [6, 6.07) is 16.1. The van der Waals surface area contributed by atoms with Crippen LogP contribution < -0.4 is 5.73 Å². The van der Waals surface area contributed by atoms with Gasteiger partial charge in [0.15, 0.2) is 11.6 Å². The molecule has 174 valence electrons. The van der Waals surface area contributed by atoms with Crippen molar-refractivity contribution in [3.8, 4) is 0 Å². The highest BCUT2D eigenvalue weighted by Gasteiger charge is 2.33. The number of carbonyl (C=O) groups excluding carboxylic acids is 4. The van der Waals surface area contributed by atoms with Gasteiger partial charge >= 0.3 is 11.9 Å². The van der Waals surface area contributed by atoms with Crippen LogP contribution in [0.15, 0.2) is 65.1 Å². The molecule has 8 heteroatoms. The van der Waals surface area contributed by atoms with Gasteiger partial charge in [0, 0.05) is 22.1 Å². The Morgan fingerprint density at radius 1 is 0.829 bits per heavy atom. The van der Waals surface area contributed by atoms with Crippen LogP contribution in [0.1, 0.15) is 65.2 Å². The molecule has 0 atom stereocenters. The molecule has 0 unspecified atom stereocenters. The molecule has 8 nitrogen and oxygen atoms in total. The van der Waals surface area contributed by atoms with E-state index in [4.69, 9.17) is 19.6 Å². The minimum absolute atomic E-state index is 0.0240. The predicted molar refractivity (Wildman–Crippen MR) is 125 cm³/mol. The molecule has 0 aliphatic heterocycles. The van der Waals surface area contributed by atoms with Crippen LogP contribution >= 0.6 is 0 Å². The first-order chi connectivity index (χ1) is 16.9. The molecule has 0 radical (unpaired) electrons. The van der Waals surface area contributed by atoms with Crippen molar-refractivity contribution >= 4 is 40.2 Å². The van der Waals surface area contributed by atoms with Crippen LogP contribution in [0.5, 0.6) is 0 Å². The fourth-order valence-corrected chi connectivity index (χ4v) is 4.21. The summed E-state index contributed by atoms with van der Waals surface area (Å²) in [5.41, 5.74) is 7.43. The van der Waals surface area contributed by atoms with E-state index >= 15 is 0 Å². The van der Waals surface area contributed by atoms with E-state index in [9.17, 15) is 19.2 Å². The summed E-state index contributed by atoms with van der Waals surface area (Å²) in [5.74, 6) is -2.33. The van der Waals surface area contributed by atoms with Gasteiger partial charge in [-0.3, -0.25) is 9.59 Å². The van der Waals surface area contributed by atoms with Gasteiger partial charge in [-0.2, -0.15) is 0 Å². The Morgan fingerprint density at radius 3 is 2.26 bits per heavy atom. The number of rotatable bonds is 5. The fraction of sp³-hybridized carbons (Fsp3) is 0.111. The number of fused-ring (bicyclic) bond motifs is 3. The van der Waals surface area contributed by atoms with Crippen LogP contribution in [0, 0.1) is 0 Å². The fourth-order valence-electron chi connectivity index (χ4n) is 4.21. The summed E-state index contributed by atoms with van der Waals surface area (Å²) in [5, 5.41) is 0.596. The molecule has 0 fully saturated rings. The van der Waals surface area contributed by atoms with Crippen LogP contribution in [0.3, 0.4) is 0 Å². The average Bonchev–Trinajstić information content (AvgIpc) is 3.24. The van der Waals surface area contributed by atoms with Gasteiger partial charge < -0.3 is 19.6 Å². The lowest BCUT2D eigenvalue weighted by Crippen LogP contribution is -2.24. The highest BCUT2D eigenvalue weighted by atomic mass is 16.5. The Labute approximate surface area is 199 Å². The number of carbonyl (C=O) groups is 4. The SMILES string of the molecule is CCOC(=O)c1oc2ccccc2c1COC(=O)c1ccc2c(c1N)C(=O)c1ccccc1C2=O. The van der Waals surface area contributed by atoms with Crippen molar-refractivity contribution in [3.05, 3.63) is 99.8 Å². The molecule has 1 aliphatic rings. The number of hydrogen-bond donors (Lipinski definition) is 1. The zero-order valence-corrected chi connectivity index (χ0v) is 18.6. The van der Waals surface area contributed by atoms with Crippen molar-refractivity contribution in [2.45, 2.75) is 13.5 Å². The van der Waals surface area contributed by atoms with Gasteiger partial charge in [-0.25, -0.2) is 9.59 Å². The first kappa shape index (κ1) is 22.1. The molecular weight excluding hydrogens is 450 g/mol. The summed E-state index contributed by atoms with van der Waals surface area (Å²) in [4.78, 5) is 51.3. The number of anilines is 1. The molecule has 1 aliphatic carbocycles. The zero-order chi connectivity index (χ0) is 24.7. The second-order valence-electron chi connectivity index (χ2n) is 7.86. The molecule has 1 heterocycles. The van der Waals surface area contributed by atoms with Gasteiger partial charge in [-0.05, 0) is 25.1 Å². The summed E-state index contributed by atoms with van der Waals surface area (Å²) < 4.78 is 16.2. The van der Waals surface area contributed by atoms with Crippen molar-refractivity contribution < 1.29 is 33.1 Å². The Morgan fingerprint density at radius 2 is 1.51 bits per heavy atom. The summed E-state index contributed by atoms with van der Waals surface area (Å²) in [6.07, 6.45) is 0. The summed E-state index contributed by atoms with van der Waals surface area (Å²) in [6.45, 7) is 1.52. The molecule has 0 spiro atoms. The molecule has 3 aromatic carbocycles. The van der Waals surface area contributed by atoms with E-state index < -0.39 is 17.7 Å². The number of benzene rings is 3. The highest BCUT2D eigenvalue weighted by molar-refractivity contribution is 6.30. The largest absolute Gasteiger partial charge is 0.460 e. The van der Waals surface area contributed by atoms with E-state index in [0.717, 1.165) is 0 Å². The molecule has 4 aromatic rings. The van der Waals surface area contributed by atoms with E-state index in [1.807, 2.05) is 0 Å². The molecule has 0 saturated heterocycles. The molecule has 1 aromatic heterocycles. The van der Waals surface area contributed by atoms with Crippen molar-refractivity contribution in [2.24, 2.45) is 0 Å². The number of furan rings is 1.